The van der Waals surface area contributed by atoms with Crippen LogP contribution in [0.4, 0.5) is 0 Å². The number of carbonyl (C=O) groups is 1. The van der Waals surface area contributed by atoms with E-state index in [9.17, 15) is 9.90 Å². The van der Waals surface area contributed by atoms with E-state index in [1.165, 1.54) is 30.4 Å². The molecule has 0 spiro atoms. The standard InChI is InChI=1S/C34H43N3O3/c38-34(39)32(27-14-8-3-9-15-27)37-22-29(31(23-37)26-12-6-2-7-13-26)21-36-18-16-28(17-19-36)33-35-30(24-40-33)20-25-10-4-1-5-11-25/h1-2,4-7,10-13,24,27-29,31-32H,3,8-9,14-23H2,(H,38,39)/t29-,31+,32+/m0/s1. The normalized spacial score (nSPS) is 24.3. The van der Waals surface area contributed by atoms with Crippen molar-refractivity contribution in [3.63, 3.8) is 0 Å². The summed E-state index contributed by atoms with van der Waals surface area (Å²) in [7, 11) is 0. The van der Waals surface area contributed by atoms with Crippen molar-refractivity contribution in [1.29, 1.82) is 0 Å². The molecule has 6 nitrogen and oxygen atoms in total. The Labute approximate surface area is 238 Å². The molecule has 2 saturated heterocycles. The minimum Gasteiger partial charge on any atom is -0.480 e. The van der Waals surface area contributed by atoms with Gasteiger partial charge in [0, 0.05) is 37.9 Å². The average molecular weight is 542 g/mol. The summed E-state index contributed by atoms with van der Waals surface area (Å²) in [5.74, 6) is 1.72. The van der Waals surface area contributed by atoms with E-state index in [1.807, 2.05) is 12.3 Å². The number of carboxylic acids is 1. The van der Waals surface area contributed by atoms with Crippen LogP contribution in [0.5, 0.6) is 0 Å². The second-order valence-electron chi connectivity index (χ2n) is 12.3. The van der Waals surface area contributed by atoms with Gasteiger partial charge in [-0.3, -0.25) is 9.69 Å². The van der Waals surface area contributed by atoms with Gasteiger partial charge in [-0.2, -0.15) is 0 Å². The minimum absolute atomic E-state index is 0.282. The number of hydrogen-bond acceptors (Lipinski definition) is 5. The molecule has 0 unspecified atom stereocenters. The Kier molecular flexibility index (Phi) is 8.64. The summed E-state index contributed by atoms with van der Waals surface area (Å²) in [6, 6.07) is 20.9. The molecule has 2 aliphatic heterocycles. The third kappa shape index (κ3) is 6.34. The van der Waals surface area contributed by atoms with Crippen molar-refractivity contribution in [2.75, 3.05) is 32.7 Å². The van der Waals surface area contributed by atoms with Crippen LogP contribution >= 0.6 is 0 Å². The molecule has 1 aromatic heterocycles. The quantitative estimate of drug-likeness (QED) is 0.348. The zero-order chi connectivity index (χ0) is 27.3. The maximum absolute atomic E-state index is 12.5. The van der Waals surface area contributed by atoms with Gasteiger partial charge in [-0.25, -0.2) is 4.98 Å². The monoisotopic (exact) mass is 541 g/mol. The predicted molar refractivity (Wildman–Crippen MR) is 156 cm³/mol. The highest BCUT2D eigenvalue weighted by Gasteiger charge is 2.43. The van der Waals surface area contributed by atoms with Crippen molar-refractivity contribution >= 4 is 5.97 Å². The van der Waals surface area contributed by atoms with Crippen LogP contribution in [-0.4, -0.2) is 64.6 Å². The molecule has 3 atom stereocenters. The summed E-state index contributed by atoms with van der Waals surface area (Å²) < 4.78 is 5.95. The zero-order valence-corrected chi connectivity index (χ0v) is 23.5. The summed E-state index contributed by atoms with van der Waals surface area (Å²) >= 11 is 0. The van der Waals surface area contributed by atoms with Gasteiger partial charge in [0.15, 0.2) is 5.89 Å². The third-order valence-corrected chi connectivity index (χ3v) is 9.67. The molecular weight excluding hydrogens is 498 g/mol. The Bertz CT molecular complexity index is 1220. The van der Waals surface area contributed by atoms with Crippen LogP contribution in [0.3, 0.4) is 0 Å². The van der Waals surface area contributed by atoms with Crippen LogP contribution in [0, 0.1) is 11.8 Å². The molecule has 40 heavy (non-hydrogen) atoms. The molecule has 3 aromatic rings. The van der Waals surface area contributed by atoms with Crippen LogP contribution in [0.1, 0.15) is 79.5 Å². The first-order valence-corrected chi connectivity index (χ1v) is 15.4. The second kappa shape index (κ2) is 12.7. The first kappa shape index (κ1) is 27.2. The highest BCUT2D eigenvalue weighted by atomic mass is 16.4. The van der Waals surface area contributed by atoms with Crippen LogP contribution in [0.2, 0.25) is 0 Å². The molecule has 6 heteroatoms. The number of benzene rings is 2. The van der Waals surface area contributed by atoms with Crippen molar-refractivity contribution in [3.8, 4) is 0 Å². The van der Waals surface area contributed by atoms with Crippen molar-refractivity contribution in [1.82, 2.24) is 14.8 Å². The predicted octanol–water partition coefficient (Wildman–Crippen LogP) is 6.19. The molecule has 0 amide bonds. The van der Waals surface area contributed by atoms with Crippen molar-refractivity contribution in [2.24, 2.45) is 11.8 Å². The summed E-state index contributed by atoms with van der Waals surface area (Å²) in [6.45, 7) is 4.80. The second-order valence-corrected chi connectivity index (χ2v) is 12.3. The summed E-state index contributed by atoms with van der Waals surface area (Å²) in [5, 5.41) is 10.3. The molecule has 1 N–H and O–H groups in total. The van der Waals surface area contributed by atoms with Gasteiger partial charge in [-0.1, -0.05) is 79.9 Å². The summed E-state index contributed by atoms with van der Waals surface area (Å²) in [6.07, 6.45) is 10.4. The number of aliphatic carboxylic acids is 1. The maximum Gasteiger partial charge on any atom is 0.321 e. The molecule has 3 fully saturated rings. The fourth-order valence-electron chi connectivity index (χ4n) is 7.59. The number of aromatic nitrogens is 1. The molecule has 1 saturated carbocycles. The smallest absolute Gasteiger partial charge is 0.321 e. The van der Waals surface area contributed by atoms with E-state index in [2.05, 4.69) is 64.4 Å². The van der Waals surface area contributed by atoms with Crippen molar-refractivity contribution in [3.05, 3.63) is 89.6 Å². The van der Waals surface area contributed by atoms with Gasteiger partial charge in [-0.05, 0) is 61.7 Å². The minimum atomic E-state index is -0.627. The lowest BCUT2D eigenvalue weighted by Gasteiger charge is -2.35. The van der Waals surface area contributed by atoms with Crippen LogP contribution in [0.15, 0.2) is 71.3 Å². The van der Waals surface area contributed by atoms with E-state index in [4.69, 9.17) is 9.40 Å². The maximum atomic E-state index is 12.5. The largest absolute Gasteiger partial charge is 0.480 e. The van der Waals surface area contributed by atoms with Gasteiger partial charge in [0.25, 0.3) is 0 Å². The Morgan fingerprint density at radius 3 is 2.33 bits per heavy atom. The Hall–Kier alpha value is -2.96. The van der Waals surface area contributed by atoms with Crippen LogP contribution < -0.4 is 0 Å². The van der Waals surface area contributed by atoms with Gasteiger partial charge in [0.2, 0.25) is 0 Å². The fourth-order valence-corrected chi connectivity index (χ4v) is 7.59. The van der Waals surface area contributed by atoms with E-state index in [1.54, 1.807) is 0 Å². The molecule has 0 radical (unpaired) electrons. The summed E-state index contributed by atoms with van der Waals surface area (Å²) in [4.78, 5) is 22.3. The number of hydrogen-bond donors (Lipinski definition) is 1. The van der Waals surface area contributed by atoms with Gasteiger partial charge >= 0.3 is 5.97 Å². The lowest BCUT2D eigenvalue weighted by atomic mass is 9.83. The third-order valence-electron chi connectivity index (χ3n) is 9.67. The van der Waals surface area contributed by atoms with Crippen molar-refractivity contribution < 1.29 is 14.3 Å². The Balaban J connectivity index is 1.09. The molecule has 3 aliphatic rings. The lowest BCUT2D eigenvalue weighted by molar-refractivity contribution is -0.145. The summed E-state index contributed by atoms with van der Waals surface area (Å²) in [5.41, 5.74) is 3.61. The number of piperidine rings is 1. The molecule has 6 rings (SSSR count). The van der Waals surface area contributed by atoms with E-state index >= 15 is 0 Å². The number of rotatable bonds is 9. The lowest BCUT2D eigenvalue weighted by Crippen LogP contribution is -2.46. The van der Waals surface area contributed by atoms with Gasteiger partial charge in [0.1, 0.15) is 12.3 Å². The van der Waals surface area contributed by atoms with Gasteiger partial charge in [-0.15, -0.1) is 0 Å². The highest BCUT2D eigenvalue weighted by molar-refractivity contribution is 5.74. The van der Waals surface area contributed by atoms with E-state index < -0.39 is 5.97 Å². The molecule has 3 heterocycles. The molecule has 0 bridgehead atoms. The number of likely N-dealkylation sites (tertiary alicyclic amines) is 2. The van der Waals surface area contributed by atoms with E-state index in [0.29, 0.717) is 17.8 Å². The fraction of sp³-hybridized carbons (Fsp3) is 0.529. The first-order valence-electron chi connectivity index (χ1n) is 15.4. The SMILES string of the molecule is O=C(O)[C@@H](C1CCCCC1)N1C[C@H](CN2CCC(c3nc(Cc4ccccc4)co3)CC2)[C@@H](c2ccccc2)C1. The molecule has 1 aliphatic carbocycles. The van der Waals surface area contributed by atoms with Gasteiger partial charge in [0.05, 0.1) is 5.69 Å². The first-order chi connectivity index (χ1) is 19.6. The Morgan fingerprint density at radius 2 is 1.62 bits per heavy atom. The molecular formula is C34H43N3O3. The number of nitrogens with zero attached hydrogens (tertiary/aromatic N) is 3. The Morgan fingerprint density at radius 1 is 0.925 bits per heavy atom. The van der Waals surface area contributed by atoms with E-state index in [0.717, 1.165) is 76.4 Å². The average Bonchev–Trinajstić information content (AvgIpc) is 3.62. The van der Waals surface area contributed by atoms with Crippen LogP contribution in [0.25, 0.3) is 0 Å². The number of oxazole rings is 1. The topological polar surface area (TPSA) is 69.8 Å². The molecule has 212 valence electrons. The molecule has 2 aromatic carbocycles. The van der Waals surface area contributed by atoms with E-state index in [-0.39, 0.29) is 12.0 Å². The van der Waals surface area contributed by atoms with Crippen molar-refractivity contribution in [2.45, 2.75) is 69.2 Å². The van der Waals surface area contributed by atoms with Gasteiger partial charge < -0.3 is 14.4 Å². The number of carboxylic acid groups (broad SMARTS) is 1. The zero-order valence-electron chi connectivity index (χ0n) is 23.5. The highest BCUT2D eigenvalue weighted by Crippen LogP contribution is 2.39. The van der Waals surface area contributed by atoms with Crippen LogP contribution in [-0.2, 0) is 11.2 Å².